The molecule has 1 saturated heterocycles. The Bertz CT molecular complexity index is 370. The molecule has 19 heavy (non-hydrogen) atoms. The van der Waals surface area contributed by atoms with E-state index >= 15 is 0 Å². The molecule has 1 N–H and O–H groups in total. The zero-order valence-corrected chi connectivity index (χ0v) is 12.5. The van der Waals surface area contributed by atoms with Gasteiger partial charge in [-0.3, -0.25) is 9.59 Å². The molecule has 0 bridgehead atoms. The lowest BCUT2D eigenvalue weighted by Crippen LogP contribution is -2.72. The van der Waals surface area contributed by atoms with Crippen LogP contribution in [0.2, 0.25) is 0 Å². The van der Waals surface area contributed by atoms with Gasteiger partial charge < -0.3 is 10.2 Å². The molecule has 4 heteroatoms. The van der Waals surface area contributed by atoms with Gasteiger partial charge in [-0.1, -0.05) is 27.7 Å². The number of carbonyl (C=O) groups excluding carboxylic acids is 2. The molecule has 2 amide bonds. The molecular formula is C15H26N2O2. The van der Waals surface area contributed by atoms with Crippen LogP contribution in [0.15, 0.2) is 0 Å². The quantitative estimate of drug-likeness (QED) is 0.847. The number of piperazine rings is 1. The van der Waals surface area contributed by atoms with Gasteiger partial charge in [0.05, 0.1) is 0 Å². The van der Waals surface area contributed by atoms with Crippen LogP contribution in [0.25, 0.3) is 0 Å². The van der Waals surface area contributed by atoms with E-state index in [4.69, 9.17) is 0 Å². The standard InChI is InChI=1S/C15H26N2O2/c1-5-12-13(18)16-15(6-2,7-3)14(19)17(12)11-8-10(4)9-11/h10-12H,5-9H2,1-4H3,(H,16,18). The Labute approximate surface area is 115 Å². The van der Waals surface area contributed by atoms with E-state index in [0.29, 0.717) is 25.2 Å². The number of hydrogen-bond acceptors (Lipinski definition) is 2. The summed E-state index contributed by atoms with van der Waals surface area (Å²) in [7, 11) is 0. The Balaban J connectivity index is 2.29. The average Bonchev–Trinajstić information content (AvgIpc) is 2.37. The van der Waals surface area contributed by atoms with Gasteiger partial charge in [0.1, 0.15) is 11.6 Å². The van der Waals surface area contributed by atoms with Gasteiger partial charge in [0, 0.05) is 6.04 Å². The molecule has 2 aliphatic rings. The summed E-state index contributed by atoms with van der Waals surface area (Å²) in [4.78, 5) is 27.1. The smallest absolute Gasteiger partial charge is 0.249 e. The van der Waals surface area contributed by atoms with E-state index in [9.17, 15) is 9.59 Å². The van der Waals surface area contributed by atoms with Crippen molar-refractivity contribution < 1.29 is 9.59 Å². The van der Waals surface area contributed by atoms with Crippen molar-refractivity contribution >= 4 is 11.8 Å². The second-order valence-electron chi connectivity index (χ2n) is 6.15. The van der Waals surface area contributed by atoms with Crippen LogP contribution in [0.3, 0.4) is 0 Å². The van der Waals surface area contributed by atoms with Crippen molar-refractivity contribution in [3.05, 3.63) is 0 Å². The topological polar surface area (TPSA) is 49.4 Å². The minimum Gasteiger partial charge on any atom is -0.340 e. The van der Waals surface area contributed by atoms with Gasteiger partial charge in [-0.25, -0.2) is 0 Å². The molecule has 1 unspecified atom stereocenters. The highest BCUT2D eigenvalue weighted by molar-refractivity contribution is 6.00. The van der Waals surface area contributed by atoms with E-state index in [1.807, 2.05) is 25.7 Å². The Morgan fingerprint density at radius 1 is 1.21 bits per heavy atom. The summed E-state index contributed by atoms with van der Waals surface area (Å²) in [6.07, 6.45) is 4.12. The lowest BCUT2D eigenvalue weighted by atomic mass is 9.77. The Hall–Kier alpha value is -1.06. The van der Waals surface area contributed by atoms with Crippen LogP contribution >= 0.6 is 0 Å². The molecule has 0 aromatic rings. The molecule has 0 radical (unpaired) electrons. The summed E-state index contributed by atoms with van der Waals surface area (Å²) in [5, 5.41) is 2.99. The van der Waals surface area contributed by atoms with Crippen molar-refractivity contribution in [2.24, 2.45) is 5.92 Å². The normalized spacial score (nSPS) is 33.9. The predicted molar refractivity (Wildman–Crippen MR) is 74.6 cm³/mol. The van der Waals surface area contributed by atoms with Crippen molar-refractivity contribution in [3.8, 4) is 0 Å². The molecular weight excluding hydrogens is 240 g/mol. The number of carbonyl (C=O) groups is 2. The molecule has 0 spiro atoms. The van der Waals surface area contributed by atoms with E-state index in [0.717, 1.165) is 12.8 Å². The summed E-state index contributed by atoms with van der Waals surface area (Å²) >= 11 is 0. The Morgan fingerprint density at radius 3 is 2.21 bits per heavy atom. The average molecular weight is 266 g/mol. The van der Waals surface area contributed by atoms with Gasteiger partial charge in [-0.2, -0.15) is 0 Å². The third kappa shape index (κ3) is 2.15. The van der Waals surface area contributed by atoms with Crippen molar-refractivity contribution in [1.29, 1.82) is 0 Å². The summed E-state index contributed by atoms with van der Waals surface area (Å²) < 4.78 is 0. The fourth-order valence-corrected chi connectivity index (χ4v) is 3.51. The fraction of sp³-hybridized carbons (Fsp3) is 0.867. The first kappa shape index (κ1) is 14.4. The molecule has 4 nitrogen and oxygen atoms in total. The number of rotatable bonds is 4. The minimum atomic E-state index is -0.665. The lowest BCUT2D eigenvalue weighted by molar-refractivity contribution is -0.162. The van der Waals surface area contributed by atoms with Crippen LogP contribution in [0, 0.1) is 5.92 Å². The summed E-state index contributed by atoms with van der Waals surface area (Å²) in [5.41, 5.74) is -0.665. The van der Waals surface area contributed by atoms with Crippen LogP contribution in [0.1, 0.15) is 59.8 Å². The highest BCUT2D eigenvalue weighted by Crippen LogP contribution is 2.37. The largest absolute Gasteiger partial charge is 0.340 e. The van der Waals surface area contributed by atoms with E-state index in [1.54, 1.807) is 0 Å². The Kier molecular flexibility index (Phi) is 3.88. The van der Waals surface area contributed by atoms with Gasteiger partial charge in [0.15, 0.2) is 0 Å². The molecule has 1 aliphatic heterocycles. The molecule has 2 rings (SSSR count). The first-order valence-electron chi connectivity index (χ1n) is 7.63. The van der Waals surface area contributed by atoms with Crippen molar-refractivity contribution in [1.82, 2.24) is 10.2 Å². The van der Waals surface area contributed by atoms with Crippen LogP contribution in [-0.2, 0) is 9.59 Å². The van der Waals surface area contributed by atoms with Crippen LogP contribution in [0.4, 0.5) is 0 Å². The molecule has 2 fully saturated rings. The number of nitrogens with zero attached hydrogens (tertiary/aromatic N) is 1. The monoisotopic (exact) mass is 266 g/mol. The maximum atomic E-state index is 12.9. The maximum absolute atomic E-state index is 12.9. The van der Waals surface area contributed by atoms with Crippen LogP contribution in [-0.4, -0.2) is 34.3 Å². The van der Waals surface area contributed by atoms with Crippen LogP contribution in [0.5, 0.6) is 0 Å². The third-order valence-electron chi connectivity index (χ3n) is 4.98. The third-order valence-corrected chi connectivity index (χ3v) is 4.98. The second-order valence-corrected chi connectivity index (χ2v) is 6.15. The van der Waals surface area contributed by atoms with Gasteiger partial charge in [0.2, 0.25) is 11.8 Å². The van der Waals surface area contributed by atoms with Crippen molar-refractivity contribution in [2.45, 2.75) is 77.4 Å². The van der Waals surface area contributed by atoms with E-state index in [1.165, 1.54) is 0 Å². The molecule has 1 heterocycles. The predicted octanol–water partition coefficient (Wildman–Crippen LogP) is 2.08. The number of nitrogens with one attached hydrogen (secondary N) is 1. The molecule has 0 aromatic heterocycles. The summed E-state index contributed by atoms with van der Waals surface area (Å²) in [5.74, 6) is 0.851. The zero-order valence-electron chi connectivity index (χ0n) is 12.5. The van der Waals surface area contributed by atoms with Gasteiger partial charge in [-0.15, -0.1) is 0 Å². The summed E-state index contributed by atoms with van der Waals surface area (Å²) in [6.45, 7) is 8.15. The van der Waals surface area contributed by atoms with Crippen molar-refractivity contribution in [3.63, 3.8) is 0 Å². The second kappa shape index (κ2) is 5.14. The SMILES string of the molecule is CCC1C(=O)NC(CC)(CC)C(=O)N1C1CC(C)C1. The van der Waals surface area contributed by atoms with Crippen LogP contribution < -0.4 is 5.32 Å². The van der Waals surface area contributed by atoms with E-state index < -0.39 is 5.54 Å². The van der Waals surface area contributed by atoms with Gasteiger partial charge >= 0.3 is 0 Å². The molecule has 1 saturated carbocycles. The van der Waals surface area contributed by atoms with Gasteiger partial charge in [0.25, 0.3) is 0 Å². The van der Waals surface area contributed by atoms with E-state index in [-0.39, 0.29) is 23.9 Å². The minimum absolute atomic E-state index is 0.0327. The first-order valence-corrected chi connectivity index (χ1v) is 7.63. The molecule has 1 atom stereocenters. The lowest BCUT2D eigenvalue weighted by Gasteiger charge is -2.52. The number of hydrogen-bond donors (Lipinski definition) is 1. The maximum Gasteiger partial charge on any atom is 0.249 e. The highest BCUT2D eigenvalue weighted by Gasteiger charge is 2.51. The van der Waals surface area contributed by atoms with Crippen molar-refractivity contribution in [2.75, 3.05) is 0 Å². The molecule has 0 aromatic carbocycles. The highest BCUT2D eigenvalue weighted by atomic mass is 16.2. The van der Waals surface area contributed by atoms with E-state index in [2.05, 4.69) is 12.2 Å². The number of amides is 2. The zero-order chi connectivity index (χ0) is 14.2. The van der Waals surface area contributed by atoms with Gasteiger partial charge in [-0.05, 0) is 38.0 Å². The Morgan fingerprint density at radius 2 is 1.79 bits per heavy atom. The summed E-state index contributed by atoms with van der Waals surface area (Å²) in [6, 6.07) is 0.00667. The fourth-order valence-electron chi connectivity index (χ4n) is 3.51. The molecule has 108 valence electrons. The molecule has 1 aliphatic carbocycles. The first-order chi connectivity index (χ1) is 8.99.